The van der Waals surface area contributed by atoms with Gasteiger partial charge in [0.05, 0.1) is 0 Å². The maximum atomic E-state index is 12.2. The van der Waals surface area contributed by atoms with Crippen LogP contribution >= 0.6 is 15.9 Å². The minimum absolute atomic E-state index is 0.00854. The van der Waals surface area contributed by atoms with Gasteiger partial charge in [-0.25, -0.2) is 18.1 Å². The minimum Gasteiger partial charge on any atom is -0.383 e. The largest absolute Gasteiger partial charge is 0.383 e. The topological polar surface area (TPSA) is 117 Å². The number of amides is 1. The smallest absolute Gasteiger partial charge is 0.244 e. The van der Waals surface area contributed by atoms with E-state index in [-0.39, 0.29) is 29.6 Å². The maximum Gasteiger partial charge on any atom is 0.244 e. The Kier molecular flexibility index (Phi) is 8.60. The van der Waals surface area contributed by atoms with Crippen LogP contribution in [0.5, 0.6) is 0 Å². The summed E-state index contributed by atoms with van der Waals surface area (Å²) < 4.78 is 27.2. The Bertz CT molecular complexity index is 650. The average molecular weight is 422 g/mol. The quantitative estimate of drug-likeness (QED) is 0.507. The second kappa shape index (κ2) is 9.92. The van der Waals surface area contributed by atoms with Crippen molar-refractivity contribution in [2.24, 2.45) is 0 Å². The van der Waals surface area contributed by atoms with E-state index in [0.717, 1.165) is 19.6 Å². The zero-order valence-corrected chi connectivity index (χ0v) is 16.3. The van der Waals surface area contributed by atoms with Crippen molar-refractivity contribution in [2.45, 2.75) is 25.2 Å². The molecule has 0 aliphatic heterocycles. The van der Waals surface area contributed by atoms with E-state index in [4.69, 9.17) is 5.73 Å². The molecule has 1 rings (SSSR count). The van der Waals surface area contributed by atoms with Gasteiger partial charge in [-0.3, -0.25) is 4.79 Å². The monoisotopic (exact) mass is 421 g/mol. The number of hydrogen-bond acceptors (Lipinski definition) is 6. The summed E-state index contributed by atoms with van der Waals surface area (Å²) in [5.41, 5.74) is 5.59. The molecule has 0 aliphatic carbocycles. The van der Waals surface area contributed by atoms with E-state index < -0.39 is 10.0 Å². The van der Waals surface area contributed by atoms with Gasteiger partial charge in [-0.05, 0) is 35.1 Å². The van der Waals surface area contributed by atoms with Crippen molar-refractivity contribution in [2.75, 3.05) is 38.5 Å². The number of nitrogens with two attached hydrogens (primary N) is 1. The fourth-order valence-corrected chi connectivity index (χ4v) is 3.62. The number of sulfonamides is 1. The molecular formula is C14H24BrN5O3S. The van der Waals surface area contributed by atoms with E-state index in [1.807, 2.05) is 0 Å². The summed E-state index contributed by atoms with van der Waals surface area (Å²) in [6.45, 7) is 7.26. The number of pyridine rings is 1. The SMILES string of the molecule is CCN(CC)CCNC(=O)CCNS(=O)(=O)c1cc(Br)cnc1N. The molecular weight excluding hydrogens is 398 g/mol. The number of nitrogens with zero attached hydrogens (tertiary/aromatic N) is 2. The summed E-state index contributed by atoms with van der Waals surface area (Å²) in [5, 5.41) is 2.77. The zero-order valence-electron chi connectivity index (χ0n) is 13.9. The predicted octanol–water partition coefficient (Wildman–Crippen LogP) is 0.553. The highest BCUT2D eigenvalue weighted by Crippen LogP contribution is 2.20. The van der Waals surface area contributed by atoms with Crippen molar-refractivity contribution in [1.82, 2.24) is 19.9 Å². The van der Waals surface area contributed by atoms with Crippen molar-refractivity contribution >= 4 is 37.7 Å². The van der Waals surface area contributed by atoms with Crippen LogP contribution in [0.3, 0.4) is 0 Å². The van der Waals surface area contributed by atoms with E-state index in [1.54, 1.807) is 0 Å². The molecule has 10 heteroatoms. The summed E-state index contributed by atoms with van der Waals surface area (Å²) >= 11 is 3.15. The number of hydrogen-bond donors (Lipinski definition) is 3. The van der Waals surface area contributed by atoms with Gasteiger partial charge in [0.1, 0.15) is 10.7 Å². The third kappa shape index (κ3) is 6.71. The number of carbonyl (C=O) groups is 1. The maximum absolute atomic E-state index is 12.2. The minimum atomic E-state index is -3.81. The molecule has 1 heterocycles. The first-order chi connectivity index (χ1) is 11.3. The summed E-state index contributed by atoms with van der Waals surface area (Å²) in [5.74, 6) is -0.292. The highest BCUT2D eigenvalue weighted by molar-refractivity contribution is 9.10. The Labute approximate surface area is 151 Å². The molecule has 24 heavy (non-hydrogen) atoms. The molecule has 0 unspecified atom stereocenters. The standard InChI is InChI=1S/C14H24BrN5O3S/c1-3-20(4-2)8-7-17-13(21)5-6-19-24(22,23)12-9-11(15)10-18-14(12)16/h9-10,19H,3-8H2,1-2H3,(H2,16,18)(H,17,21). The third-order valence-electron chi connectivity index (χ3n) is 3.43. The lowest BCUT2D eigenvalue weighted by Gasteiger charge is -2.17. The number of carbonyl (C=O) groups excluding carboxylic acids is 1. The Morgan fingerprint density at radius 1 is 1.33 bits per heavy atom. The Balaban J connectivity index is 2.43. The first kappa shape index (κ1) is 20.8. The van der Waals surface area contributed by atoms with Crippen molar-refractivity contribution in [3.63, 3.8) is 0 Å². The van der Waals surface area contributed by atoms with Crippen molar-refractivity contribution < 1.29 is 13.2 Å². The van der Waals surface area contributed by atoms with Crippen LogP contribution in [0.1, 0.15) is 20.3 Å². The number of rotatable bonds is 10. The normalized spacial score (nSPS) is 11.7. The van der Waals surface area contributed by atoms with Gasteiger partial charge in [0, 0.05) is 36.7 Å². The van der Waals surface area contributed by atoms with Crippen LogP contribution in [-0.4, -0.2) is 56.9 Å². The molecule has 0 bridgehead atoms. The van der Waals surface area contributed by atoms with Crippen LogP contribution in [0, 0.1) is 0 Å². The lowest BCUT2D eigenvalue weighted by Crippen LogP contribution is -2.36. The lowest BCUT2D eigenvalue weighted by molar-refractivity contribution is -0.120. The van der Waals surface area contributed by atoms with Crippen molar-refractivity contribution in [1.29, 1.82) is 0 Å². The van der Waals surface area contributed by atoms with Crippen LogP contribution in [0.2, 0.25) is 0 Å². The van der Waals surface area contributed by atoms with Gasteiger partial charge in [0.15, 0.2) is 0 Å². The van der Waals surface area contributed by atoms with E-state index in [9.17, 15) is 13.2 Å². The second-order valence-corrected chi connectivity index (χ2v) is 7.71. The van der Waals surface area contributed by atoms with Crippen LogP contribution in [-0.2, 0) is 14.8 Å². The van der Waals surface area contributed by atoms with Crippen LogP contribution < -0.4 is 15.8 Å². The van der Waals surface area contributed by atoms with Gasteiger partial charge in [0.25, 0.3) is 0 Å². The molecule has 1 aromatic heterocycles. The second-order valence-electron chi connectivity index (χ2n) is 5.06. The lowest BCUT2D eigenvalue weighted by atomic mass is 10.4. The highest BCUT2D eigenvalue weighted by atomic mass is 79.9. The Morgan fingerprint density at radius 3 is 2.62 bits per heavy atom. The number of nitrogen functional groups attached to an aromatic ring is 1. The number of likely N-dealkylation sites (N-methyl/N-ethyl adjacent to an activating group) is 1. The molecule has 1 aromatic rings. The number of aromatic nitrogens is 1. The molecule has 0 saturated carbocycles. The van der Waals surface area contributed by atoms with Gasteiger partial charge in [0.2, 0.25) is 15.9 Å². The summed E-state index contributed by atoms with van der Waals surface area (Å²) in [4.78, 5) is 17.6. The molecule has 0 radical (unpaired) electrons. The van der Waals surface area contributed by atoms with Crippen LogP contribution in [0.4, 0.5) is 5.82 Å². The van der Waals surface area contributed by atoms with E-state index in [0.29, 0.717) is 11.0 Å². The summed E-state index contributed by atoms with van der Waals surface area (Å²) in [6, 6.07) is 1.37. The molecule has 0 aliphatic rings. The molecule has 0 fully saturated rings. The molecule has 0 atom stereocenters. The molecule has 0 saturated heterocycles. The summed E-state index contributed by atoms with van der Waals surface area (Å²) in [6.07, 6.45) is 1.47. The molecule has 8 nitrogen and oxygen atoms in total. The first-order valence-electron chi connectivity index (χ1n) is 7.69. The zero-order chi connectivity index (χ0) is 18.2. The molecule has 0 spiro atoms. The first-order valence-corrected chi connectivity index (χ1v) is 9.97. The van der Waals surface area contributed by atoms with Gasteiger partial charge in [-0.15, -0.1) is 0 Å². The Hall–Kier alpha value is -1.23. The van der Waals surface area contributed by atoms with Gasteiger partial charge in [-0.1, -0.05) is 13.8 Å². The van der Waals surface area contributed by atoms with Crippen LogP contribution in [0.15, 0.2) is 21.6 Å². The summed E-state index contributed by atoms with van der Waals surface area (Å²) in [7, 11) is -3.81. The Morgan fingerprint density at radius 2 is 2.00 bits per heavy atom. The van der Waals surface area contributed by atoms with Gasteiger partial charge in [-0.2, -0.15) is 0 Å². The van der Waals surface area contributed by atoms with Crippen molar-refractivity contribution in [3.05, 3.63) is 16.7 Å². The molecule has 4 N–H and O–H groups in total. The van der Waals surface area contributed by atoms with E-state index in [2.05, 4.69) is 49.7 Å². The fraction of sp³-hybridized carbons (Fsp3) is 0.571. The van der Waals surface area contributed by atoms with Gasteiger partial charge < -0.3 is 16.0 Å². The highest BCUT2D eigenvalue weighted by Gasteiger charge is 2.18. The number of nitrogens with one attached hydrogen (secondary N) is 2. The average Bonchev–Trinajstić information content (AvgIpc) is 2.53. The predicted molar refractivity (Wildman–Crippen MR) is 97.0 cm³/mol. The molecule has 0 aromatic carbocycles. The third-order valence-corrected chi connectivity index (χ3v) is 5.35. The van der Waals surface area contributed by atoms with Gasteiger partial charge >= 0.3 is 0 Å². The number of halogens is 1. The molecule has 136 valence electrons. The van der Waals surface area contributed by atoms with E-state index in [1.165, 1.54) is 12.3 Å². The fourth-order valence-electron chi connectivity index (χ4n) is 2.00. The van der Waals surface area contributed by atoms with E-state index >= 15 is 0 Å². The van der Waals surface area contributed by atoms with Crippen molar-refractivity contribution in [3.8, 4) is 0 Å². The number of anilines is 1. The van der Waals surface area contributed by atoms with Crippen LogP contribution in [0.25, 0.3) is 0 Å². The molecule has 1 amide bonds.